The molecule has 5 nitrogen and oxygen atoms in total. The average molecular weight is 496 g/mol. The molecule has 1 saturated heterocycles. The summed E-state index contributed by atoms with van der Waals surface area (Å²) in [6.07, 6.45) is 6.62. The van der Waals surface area contributed by atoms with Crippen LogP contribution < -0.4 is 9.47 Å². The molecule has 37 heavy (non-hydrogen) atoms. The molecular formula is C32H33NO4. The van der Waals surface area contributed by atoms with E-state index in [1.165, 1.54) is 5.56 Å². The molecule has 190 valence electrons. The maximum absolute atomic E-state index is 13.2. The number of nitrogens with zero attached hydrogens (tertiary/aromatic N) is 1. The van der Waals surface area contributed by atoms with E-state index in [0.717, 1.165) is 71.3 Å². The third-order valence-electron chi connectivity index (χ3n) is 7.35. The van der Waals surface area contributed by atoms with Crippen molar-refractivity contribution >= 4 is 22.4 Å². The fraction of sp³-hybridized carbons (Fsp3) is 0.281. The number of methoxy groups -OCH3 is 2. The predicted octanol–water partition coefficient (Wildman–Crippen LogP) is 7.00. The molecule has 1 fully saturated rings. The van der Waals surface area contributed by atoms with Crippen molar-refractivity contribution in [2.75, 3.05) is 27.3 Å². The van der Waals surface area contributed by atoms with Crippen molar-refractivity contribution < 1.29 is 18.7 Å². The fourth-order valence-electron chi connectivity index (χ4n) is 5.27. The van der Waals surface area contributed by atoms with Crippen LogP contribution in [0.2, 0.25) is 0 Å². The molecule has 0 N–H and O–H groups in total. The summed E-state index contributed by atoms with van der Waals surface area (Å²) < 4.78 is 17.1. The van der Waals surface area contributed by atoms with Gasteiger partial charge in [0.25, 0.3) is 0 Å². The molecule has 0 spiro atoms. The van der Waals surface area contributed by atoms with Crippen molar-refractivity contribution in [1.29, 1.82) is 0 Å². The number of benzene rings is 3. The van der Waals surface area contributed by atoms with Gasteiger partial charge in [0.15, 0.2) is 0 Å². The van der Waals surface area contributed by atoms with Gasteiger partial charge < -0.3 is 18.8 Å². The Balaban J connectivity index is 1.36. The molecule has 0 radical (unpaired) electrons. The topological polar surface area (TPSA) is 51.9 Å². The monoisotopic (exact) mass is 495 g/mol. The summed E-state index contributed by atoms with van der Waals surface area (Å²) in [5.41, 5.74) is 5.73. The van der Waals surface area contributed by atoms with Crippen LogP contribution in [0, 0.1) is 5.92 Å². The number of likely N-dealkylation sites (tertiary alicyclic amines) is 1. The lowest BCUT2D eigenvalue weighted by Gasteiger charge is -2.31. The van der Waals surface area contributed by atoms with Crippen molar-refractivity contribution in [3.05, 3.63) is 90.2 Å². The molecule has 0 unspecified atom stereocenters. The van der Waals surface area contributed by atoms with Crippen molar-refractivity contribution in [3.63, 3.8) is 0 Å². The van der Waals surface area contributed by atoms with Crippen LogP contribution in [0.1, 0.15) is 30.9 Å². The zero-order valence-corrected chi connectivity index (χ0v) is 21.7. The Morgan fingerprint density at radius 1 is 0.946 bits per heavy atom. The smallest absolute Gasteiger partial charge is 0.246 e. The van der Waals surface area contributed by atoms with Crippen LogP contribution in [-0.4, -0.2) is 38.1 Å². The zero-order valence-electron chi connectivity index (χ0n) is 21.7. The Morgan fingerprint density at radius 3 is 2.38 bits per heavy atom. The molecule has 0 saturated carbocycles. The highest BCUT2D eigenvalue weighted by atomic mass is 16.5. The fourth-order valence-corrected chi connectivity index (χ4v) is 5.27. The molecule has 1 amide bonds. The second-order valence-corrected chi connectivity index (χ2v) is 9.68. The van der Waals surface area contributed by atoms with Gasteiger partial charge in [-0.1, -0.05) is 48.5 Å². The quantitative estimate of drug-likeness (QED) is 0.259. The number of piperidine rings is 1. The highest BCUT2D eigenvalue weighted by Gasteiger charge is 2.23. The van der Waals surface area contributed by atoms with Gasteiger partial charge in [0.1, 0.15) is 17.1 Å². The van der Waals surface area contributed by atoms with Crippen LogP contribution in [-0.2, 0) is 11.2 Å². The number of furan rings is 1. The SMILES string of the molecule is COc1cc2occ(-c3ccccc3OC)c2cc1/C(C)=C/C(=O)N1CCC(Cc2ccccc2)CC1. The molecule has 1 aromatic heterocycles. The first-order valence-corrected chi connectivity index (χ1v) is 12.8. The maximum atomic E-state index is 13.2. The number of carbonyl (C=O) groups is 1. The van der Waals surface area contributed by atoms with Gasteiger partial charge in [-0.15, -0.1) is 0 Å². The van der Waals surface area contributed by atoms with Crippen molar-refractivity contribution in [1.82, 2.24) is 4.90 Å². The largest absolute Gasteiger partial charge is 0.496 e. The van der Waals surface area contributed by atoms with Gasteiger partial charge in [0, 0.05) is 47.3 Å². The highest BCUT2D eigenvalue weighted by Crippen LogP contribution is 2.40. The van der Waals surface area contributed by atoms with Gasteiger partial charge in [-0.25, -0.2) is 0 Å². The first kappa shape index (κ1) is 24.7. The lowest BCUT2D eigenvalue weighted by atomic mass is 9.90. The number of allylic oxidation sites excluding steroid dienone is 1. The molecule has 1 aliphatic heterocycles. The van der Waals surface area contributed by atoms with E-state index in [2.05, 4.69) is 30.3 Å². The van der Waals surface area contributed by atoms with Gasteiger partial charge in [0.2, 0.25) is 5.91 Å². The number of carbonyl (C=O) groups excluding carboxylic acids is 1. The first-order chi connectivity index (χ1) is 18.1. The summed E-state index contributed by atoms with van der Waals surface area (Å²) in [4.78, 5) is 15.2. The second-order valence-electron chi connectivity index (χ2n) is 9.68. The molecule has 2 heterocycles. The summed E-state index contributed by atoms with van der Waals surface area (Å²) in [5, 5.41) is 0.947. The maximum Gasteiger partial charge on any atom is 0.246 e. The van der Waals surface area contributed by atoms with E-state index >= 15 is 0 Å². The summed E-state index contributed by atoms with van der Waals surface area (Å²) >= 11 is 0. The van der Waals surface area contributed by atoms with Crippen molar-refractivity contribution in [2.45, 2.75) is 26.2 Å². The first-order valence-electron chi connectivity index (χ1n) is 12.8. The standard InChI is InChI=1S/C32H33NO4/c1-22(17-32(34)33-15-13-24(14-16-33)18-23-9-5-4-6-10-23)26-19-27-28(21-37-31(27)20-30(26)36-3)25-11-7-8-12-29(25)35-2/h4-12,17,19-21,24H,13-16,18H2,1-3H3/b22-17+. The number of hydrogen-bond donors (Lipinski definition) is 0. The summed E-state index contributed by atoms with van der Waals surface area (Å²) in [7, 11) is 3.31. The highest BCUT2D eigenvalue weighted by molar-refractivity contribution is 6.01. The van der Waals surface area contributed by atoms with Gasteiger partial charge in [-0.3, -0.25) is 4.79 Å². The van der Waals surface area contributed by atoms with Crippen molar-refractivity contribution in [2.24, 2.45) is 5.92 Å². The number of fused-ring (bicyclic) bond motifs is 1. The lowest BCUT2D eigenvalue weighted by molar-refractivity contribution is -0.127. The van der Waals surface area contributed by atoms with Crippen molar-refractivity contribution in [3.8, 4) is 22.6 Å². The van der Waals surface area contributed by atoms with E-state index < -0.39 is 0 Å². The number of amides is 1. The Hall–Kier alpha value is -3.99. The van der Waals surface area contributed by atoms with E-state index in [4.69, 9.17) is 13.9 Å². The minimum atomic E-state index is 0.0509. The van der Waals surface area contributed by atoms with E-state index in [1.807, 2.05) is 48.2 Å². The van der Waals surface area contributed by atoms with Crippen LogP contribution in [0.15, 0.2) is 83.5 Å². The van der Waals surface area contributed by atoms with Gasteiger partial charge in [-0.2, -0.15) is 0 Å². The lowest BCUT2D eigenvalue weighted by Crippen LogP contribution is -2.38. The van der Waals surface area contributed by atoms with Crippen LogP contribution in [0.5, 0.6) is 11.5 Å². The van der Waals surface area contributed by atoms with E-state index in [0.29, 0.717) is 11.7 Å². The molecular weight excluding hydrogens is 462 g/mol. The van der Waals surface area contributed by atoms with E-state index in [1.54, 1.807) is 26.6 Å². The Bertz CT molecular complexity index is 1410. The van der Waals surface area contributed by atoms with Crippen LogP contribution in [0.25, 0.3) is 27.7 Å². The number of rotatable bonds is 7. The third-order valence-corrected chi connectivity index (χ3v) is 7.35. The zero-order chi connectivity index (χ0) is 25.8. The second kappa shape index (κ2) is 11.0. The Labute approximate surface area is 218 Å². The van der Waals surface area contributed by atoms with Gasteiger partial charge in [-0.05, 0) is 55.4 Å². The minimum absolute atomic E-state index is 0.0509. The van der Waals surface area contributed by atoms with Crippen LogP contribution >= 0.6 is 0 Å². The molecule has 4 aromatic rings. The predicted molar refractivity (Wildman–Crippen MR) is 148 cm³/mol. The van der Waals surface area contributed by atoms with Gasteiger partial charge in [0.05, 0.1) is 20.5 Å². The van der Waals surface area contributed by atoms with Gasteiger partial charge >= 0.3 is 0 Å². The summed E-state index contributed by atoms with van der Waals surface area (Å²) in [5.74, 6) is 2.13. The van der Waals surface area contributed by atoms with Crippen LogP contribution in [0.4, 0.5) is 0 Å². The molecule has 0 aliphatic carbocycles. The average Bonchev–Trinajstić information content (AvgIpc) is 3.35. The van der Waals surface area contributed by atoms with Crippen LogP contribution in [0.3, 0.4) is 0 Å². The normalized spacial score (nSPS) is 14.7. The molecule has 0 bridgehead atoms. The summed E-state index contributed by atoms with van der Waals surface area (Å²) in [6, 6.07) is 22.4. The molecule has 5 heteroatoms. The number of ether oxygens (including phenoxy) is 2. The Morgan fingerprint density at radius 2 is 1.65 bits per heavy atom. The number of hydrogen-bond acceptors (Lipinski definition) is 4. The molecule has 5 rings (SSSR count). The number of para-hydroxylation sites is 1. The van der Waals surface area contributed by atoms with E-state index in [-0.39, 0.29) is 5.91 Å². The molecule has 0 atom stereocenters. The minimum Gasteiger partial charge on any atom is -0.496 e. The van der Waals surface area contributed by atoms with E-state index in [9.17, 15) is 4.79 Å². The Kier molecular flexibility index (Phi) is 7.31. The summed E-state index contributed by atoms with van der Waals surface area (Å²) in [6.45, 7) is 3.54. The molecule has 1 aliphatic rings. The molecule has 3 aromatic carbocycles. The third kappa shape index (κ3) is 5.26.